The van der Waals surface area contributed by atoms with Gasteiger partial charge in [0, 0.05) is 25.4 Å². The molecule has 0 spiro atoms. The maximum absolute atomic E-state index is 14.4. The van der Waals surface area contributed by atoms with Crippen molar-refractivity contribution in [2.24, 2.45) is 0 Å². The van der Waals surface area contributed by atoms with E-state index in [9.17, 15) is 14.0 Å². The monoisotopic (exact) mass is 457 g/mol. The Bertz CT molecular complexity index is 924. The molecule has 8 heteroatoms. The minimum atomic E-state index is -0.652. The number of carbonyl (C=O) groups is 2. The molecule has 2 atom stereocenters. The van der Waals surface area contributed by atoms with Gasteiger partial charge in [0.2, 0.25) is 5.91 Å². The van der Waals surface area contributed by atoms with Gasteiger partial charge >= 0.3 is 0 Å². The van der Waals surface area contributed by atoms with Crippen LogP contribution in [-0.4, -0.2) is 72.8 Å². The predicted octanol–water partition coefficient (Wildman–Crippen LogP) is 2.92. The van der Waals surface area contributed by atoms with E-state index in [0.717, 1.165) is 44.8 Å². The lowest BCUT2D eigenvalue weighted by molar-refractivity contribution is -0.124. The zero-order valence-electron chi connectivity index (χ0n) is 17.9. The first kappa shape index (κ1) is 22.8. The van der Waals surface area contributed by atoms with Gasteiger partial charge in [0.25, 0.3) is 5.91 Å². The number of thioether (sulfide) groups is 1. The maximum Gasteiger partial charge on any atom is 0.258 e. The summed E-state index contributed by atoms with van der Waals surface area (Å²) in [7, 11) is 0. The van der Waals surface area contributed by atoms with Gasteiger partial charge in [0.1, 0.15) is 17.2 Å². The summed E-state index contributed by atoms with van der Waals surface area (Å²) < 4.78 is 19.8. The molecule has 4 rings (SSSR count). The van der Waals surface area contributed by atoms with E-state index in [0.29, 0.717) is 12.3 Å². The minimum Gasteiger partial charge on any atom is -0.379 e. The SMILES string of the molecule is O=C(NCCCN1CCOCC1)C1CSC(c2ccccc2)N1C(=O)c1ccccc1F. The summed E-state index contributed by atoms with van der Waals surface area (Å²) >= 11 is 1.53. The van der Waals surface area contributed by atoms with E-state index in [4.69, 9.17) is 4.74 Å². The molecule has 170 valence electrons. The van der Waals surface area contributed by atoms with E-state index in [1.807, 2.05) is 30.3 Å². The maximum atomic E-state index is 14.4. The van der Waals surface area contributed by atoms with Crippen molar-refractivity contribution in [2.75, 3.05) is 45.1 Å². The number of hydrogen-bond donors (Lipinski definition) is 1. The highest BCUT2D eigenvalue weighted by molar-refractivity contribution is 7.99. The van der Waals surface area contributed by atoms with Gasteiger partial charge in [0.05, 0.1) is 18.8 Å². The second-order valence-electron chi connectivity index (χ2n) is 7.90. The molecule has 2 fully saturated rings. The molecule has 2 aliphatic heterocycles. The van der Waals surface area contributed by atoms with Crippen molar-refractivity contribution in [1.29, 1.82) is 0 Å². The number of nitrogens with zero attached hydrogens (tertiary/aromatic N) is 2. The molecule has 2 saturated heterocycles. The average molecular weight is 458 g/mol. The second kappa shape index (κ2) is 10.9. The smallest absolute Gasteiger partial charge is 0.258 e. The van der Waals surface area contributed by atoms with Gasteiger partial charge in [-0.2, -0.15) is 0 Å². The van der Waals surface area contributed by atoms with E-state index in [2.05, 4.69) is 10.2 Å². The third-order valence-corrected chi connectivity index (χ3v) is 7.10. The number of nitrogens with one attached hydrogen (secondary N) is 1. The highest BCUT2D eigenvalue weighted by atomic mass is 32.2. The molecular formula is C24H28FN3O3S. The number of morpholine rings is 1. The molecule has 0 bridgehead atoms. The Morgan fingerprint density at radius 3 is 2.53 bits per heavy atom. The number of carbonyl (C=O) groups excluding carboxylic acids is 2. The van der Waals surface area contributed by atoms with Crippen LogP contribution >= 0.6 is 11.8 Å². The third kappa shape index (κ3) is 5.31. The van der Waals surface area contributed by atoms with E-state index < -0.39 is 17.8 Å². The van der Waals surface area contributed by atoms with Crippen LogP contribution < -0.4 is 5.32 Å². The first-order chi connectivity index (χ1) is 15.6. The van der Waals surface area contributed by atoms with Gasteiger partial charge in [-0.15, -0.1) is 11.8 Å². The van der Waals surface area contributed by atoms with E-state index in [1.54, 1.807) is 12.1 Å². The number of halogens is 1. The van der Waals surface area contributed by atoms with Gasteiger partial charge in [-0.05, 0) is 30.7 Å². The van der Waals surface area contributed by atoms with Crippen molar-refractivity contribution in [2.45, 2.75) is 17.8 Å². The molecule has 0 saturated carbocycles. The Balaban J connectivity index is 1.45. The third-order valence-electron chi connectivity index (χ3n) is 5.78. The molecule has 1 N–H and O–H groups in total. The van der Waals surface area contributed by atoms with Crippen molar-refractivity contribution < 1.29 is 18.7 Å². The van der Waals surface area contributed by atoms with Crippen molar-refractivity contribution in [3.05, 3.63) is 71.5 Å². The molecule has 32 heavy (non-hydrogen) atoms. The quantitative estimate of drug-likeness (QED) is 0.648. The molecule has 2 aliphatic rings. The molecule has 0 aliphatic carbocycles. The molecule has 2 heterocycles. The Hall–Kier alpha value is -2.42. The standard InChI is InChI=1S/C24H28FN3O3S/c25-20-10-5-4-9-19(20)23(30)28-21(17-32-24(28)18-7-2-1-3-8-18)22(29)26-11-6-12-27-13-15-31-16-14-27/h1-5,7-10,21,24H,6,11-17H2,(H,26,29). The number of benzene rings is 2. The fourth-order valence-corrected chi connectivity index (χ4v) is 5.49. The Kier molecular flexibility index (Phi) is 7.78. The largest absolute Gasteiger partial charge is 0.379 e. The predicted molar refractivity (Wildman–Crippen MR) is 123 cm³/mol. The summed E-state index contributed by atoms with van der Waals surface area (Å²) in [5.74, 6) is -0.765. The summed E-state index contributed by atoms with van der Waals surface area (Å²) in [6.07, 6.45) is 0.828. The Labute approximate surface area is 192 Å². The van der Waals surface area contributed by atoms with Gasteiger partial charge in [-0.1, -0.05) is 42.5 Å². The lowest BCUT2D eigenvalue weighted by atomic mass is 10.1. The Morgan fingerprint density at radius 2 is 1.78 bits per heavy atom. The summed E-state index contributed by atoms with van der Waals surface area (Å²) in [5, 5.41) is 2.65. The fraction of sp³-hybridized carbons (Fsp3) is 0.417. The van der Waals surface area contributed by atoms with Crippen LogP contribution in [0.15, 0.2) is 54.6 Å². The van der Waals surface area contributed by atoms with Crippen LogP contribution in [0, 0.1) is 5.82 Å². The van der Waals surface area contributed by atoms with Crippen LogP contribution in [0.2, 0.25) is 0 Å². The van der Waals surface area contributed by atoms with Crippen LogP contribution in [0.3, 0.4) is 0 Å². The molecule has 0 radical (unpaired) electrons. The zero-order chi connectivity index (χ0) is 22.3. The van der Waals surface area contributed by atoms with Crippen LogP contribution in [0.5, 0.6) is 0 Å². The first-order valence-corrected chi connectivity index (χ1v) is 12.0. The summed E-state index contributed by atoms with van der Waals surface area (Å²) in [4.78, 5) is 30.3. The van der Waals surface area contributed by atoms with Crippen LogP contribution in [0.1, 0.15) is 27.7 Å². The zero-order valence-corrected chi connectivity index (χ0v) is 18.7. The van der Waals surface area contributed by atoms with E-state index >= 15 is 0 Å². The van der Waals surface area contributed by atoms with Crippen LogP contribution in [0.4, 0.5) is 4.39 Å². The van der Waals surface area contributed by atoms with Crippen molar-refractivity contribution in [1.82, 2.24) is 15.1 Å². The Morgan fingerprint density at radius 1 is 1.06 bits per heavy atom. The van der Waals surface area contributed by atoms with Gasteiger partial charge in [-0.3, -0.25) is 14.5 Å². The second-order valence-corrected chi connectivity index (χ2v) is 9.02. The highest BCUT2D eigenvalue weighted by Gasteiger charge is 2.43. The number of rotatable bonds is 7. The normalized spacial score (nSPS) is 21.5. The van der Waals surface area contributed by atoms with Gasteiger partial charge < -0.3 is 15.0 Å². The number of hydrogen-bond acceptors (Lipinski definition) is 5. The molecule has 2 amide bonds. The molecule has 0 aromatic heterocycles. The topological polar surface area (TPSA) is 61.9 Å². The van der Waals surface area contributed by atoms with E-state index in [1.165, 1.54) is 28.8 Å². The molecule has 6 nitrogen and oxygen atoms in total. The first-order valence-electron chi connectivity index (χ1n) is 11.0. The molecular weight excluding hydrogens is 429 g/mol. The summed E-state index contributed by atoms with van der Waals surface area (Å²) in [5.41, 5.74) is 0.908. The van der Waals surface area contributed by atoms with Crippen molar-refractivity contribution in [3.8, 4) is 0 Å². The van der Waals surface area contributed by atoms with Gasteiger partial charge in [0.15, 0.2) is 0 Å². The summed E-state index contributed by atoms with van der Waals surface area (Å²) in [6, 6.07) is 14.9. The minimum absolute atomic E-state index is 0.0129. The van der Waals surface area contributed by atoms with Crippen molar-refractivity contribution in [3.63, 3.8) is 0 Å². The van der Waals surface area contributed by atoms with Crippen molar-refractivity contribution >= 4 is 23.6 Å². The van der Waals surface area contributed by atoms with Crippen LogP contribution in [-0.2, 0) is 9.53 Å². The van der Waals surface area contributed by atoms with E-state index in [-0.39, 0.29) is 16.8 Å². The lowest BCUT2D eigenvalue weighted by Gasteiger charge is -2.29. The fourth-order valence-electron chi connectivity index (χ4n) is 4.06. The number of ether oxygens (including phenoxy) is 1. The average Bonchev–Trinajstić information content (AvgIpc) is 3.28. The molecule has 2 aromatic rings. The summed E-state index contributed by atoms with van der Waals surface area (Å²) in [6.45, 7) is 4.76. The van der Waals surface area contributed by atoms with Crippen LogP contribution in [0.25, 0.3) is 0 Å². The molecule has 2 aromatic carbocycles. The lowest BCUT2D eigenvalue weighted by Crippen LogP contribution is -2.48. The van der Waals surface area contributed by atoms with Gasteiger partial charge in [-0.25, -0.2) is 4.39 Å². The number of amides is 2. The highest BCUT2D eigenvalue weighted by Crippen LogP contribution is 2.42. The molecule has 2 unspecified atom stereocenters.